The van der Waals surface area contributed by atoms with Crippen molar-refractivity contribution in [2.45, 2.75) is 20.0 Å². The van der Waals surface area contributed by atoms with Gasteiger partial charge in [-0.05, 0) is 24.6 Å². The summed E-state index contributed by atoms with van der Waals surface area (Å²) in [6.07, 6.45) is 3.88. The summed E-state index contributed by atoms with van der Waals surface area (Å²) in [6.45, 7) is -0.975. The average Bonchev–Trinajstić information content (AvgIpc) is 2.25. The van der Waals surface area contributed by atoms with E-state index in [1.807, 2.05) is 6.92 Å². The summed E-state index contributed by atoms with van der Waals surface area (Å²) in [5, 5.41) is 0. The number of allylic oxidation sites excluding steroid dienone is 2. The van der Waals surface area contributed by atoms with Gasteiger partial charge >= 0.3 is 6.61 Å². The molecule has 0 unspecified atom stereocenters. The lowest BCUT2D eigenvalue weighted by molar-refractivity contribution is -0.0498. The fraction of sp³-hybridized carbons (Fsp3) is 0.250. The Morgan fingerprint density at radius 2 is 2.25 bits per heavy atom. The molecule has 0 aliphatic rings. The van der Waals surface area contributed by atoms with Gasteiger partial charge in [-0.3, -0.25) is 4.79 Å². The standard InChI is InChI=1S/C12H12F2O2/c1-2-3-7-11(15)9-5-4-6-10(8-9)16-12(13)14/h3-8,12H,2H2,1H3/b7-3+. The first kappa shape index (κ1) is 12.4. The van der Waals surface area contributed by atoms with Gasteiger partial charge in [0.15, 0.2) is 5.78 Å². The van der Waals surface area contributed by atoms with Crippen LogP contribution in [0, 0.1) is 0 Å². The summed E-state index contributed by atoms with van der Waals surface area (Å²) in [7, 11) is 0. The van der Waals surface area contributed by atoms with E-state index in [4.69, 9.17) is 0 Å². The molecule has 0 saturated heterocycles. The maximum atomic E-state index is 11.9. The van der Waals surface area contributed by atoms with E-state index >= 15 is 0 Å². The first-order valence-corrected chi connectivity index (χ1v) is 4.89. The van der Waals surface area contributed by atoms with E-state index < -0.39 is 6.61 Å². The summed E-state index contributed by atoms with van der Waals surface area (Å²) in [5.74, 6) is -0.229. The Morgan fingerprint density at radius 1 is 1.50 bits per heavy atom. The molecule has 0 aliphatic carbocycles. The Hall–Kier alpha value is -1.71. The molecule has 1 aromatic rings. The number of halogens is 2. The van der Waals surface area contributed by atoms with E-state index in [-0.39, 0.29) is 11.5 Å². The Morgan fingerprint density at radius 3 is 2.88 bits per heavy atom. The second kappa shape index (κ2) is 6.00. The lowest BCUT2D eigenvalue weighted by Crippen LogP contribution is -2.03. The van der Waals surface area contributed by atoms with Gasteiger partial charge in [0.2, 0.25) is 0 Å². The van der Waals surface area contributed by atoms with E-state index in [2.05, 4.69) is 4.74 Å². The van der Waals surface area contributed by atoms with Gasteiger partial charge in [0.1, 0.15) is 5.75 Å². The smallest absolute Gasteiger partial charge is 0.387 e. The summed E-state index contributed by atoms with van der Waals surface area (Å²) in [6, 6.07) is 5.74. The average molecular weight is 226 g/mol. The topological polar surface area (TPSA) is 26.3 Å². The van der Waals surface area contributed by atoms with Crippen molar-refractivity contribution < 1.29 is 18.3 Å². The van der Waals surface area contributed by atoms with Gasteiger partial charge in [-0.1, -0.05) is 25.1 Å². The molecule has 0 aliphatic heterocycles. The number of ether oxygens (including phenoxy) is 1. The zero-order valence-electron chi connectivity index (χ0n) is 8.82. The normalized spacial score (nSPS) is 11.0. The maximum absolute atomic E-state index is 11.9. The van der Waals surface area contributed by atoms with Crippen LogP contribution in [0.15, 0.2) is 36.4 Å². The highest BCUT2D eigenvalue weighted by molar-refractivity contribution is 6.04. The molecule has 0 N–H and O–H groups in total. The number of hydrogen-bond donors (Lipinski definition) is 0. The molecule has 0 heterocycles. The highest BCUT2D eigenvalue weighted by atomic mass is 19.3. The molecule has 1 rings (SSSR count). The molecule has 0 spiro atoms. The number of carbonyl (C=O) groups excluding carboxylic acids is 1. The van der Waals surface area contributed by atoms with Gasteiger partial charge < -0.3 is 4.74 Å². The highest BCUT2D eigenvalue weighted by Crippen LogP contribution is 2.16. The minimum atomic E-state index is -2.88. The second-order valence-electron chi connectivity index (χ2n) is 3.08. The van der Waals surface area contributed by atoms with Crippen LogP contribution in [0.2, 0.25) is 0 Å². The van der Waals surface area contributed by atoms with E-state index in [0.717, 1.165) is 6.42 Å². The number of rotatable bonds is 5. The van der Waals surface area contributed by atoms with Crippen molar-refractivity contribution in [1.29, 1.82) is 0 Å². The van der Waals surface area contributed by atoms with Crippen molar-refractivity contribution in [2.75, 3.05) is 0 Å². The predicted molar refractivity (Wildman–Crippen MR) is 56.8 cm³/mol. The van der Waals surface area contributed by atoms with Gasteiger partial charge in [0, 0.05) is 5.56 Å². The molecule has 0 amide bonds. The minimum absolute atomic E-state index is 0.00857. The van der Waals surface area contributed by atoms with Crippen LogP contribution >= 0.6 is 0 Å². The van der Waals surface area contributed by atoms with Crippen molar-refractivity contribution in [3.05, 3.63) is 42.0 Å². The fourth-order valence-corrected chi connectivity index (χ4v) is 1.15. The maximum Gasteiger partial charge on any atom is 0.387 e. The third kappa shape index (κ3) is 3.81. The van der Waals surface area contributed by atoms with E-state index in [0.29, 0.717) is 5.56 Å². The minimum Gasteiger partial charge on any atom is -0.435 e. The molecule has 0 aromatic heterocycles. The van der Waals surface area contributed by atoms with Gasteiger partial charge in [-0.25, -0.2) is 0 Å². The Bertz CT molecular complexity index is 386. The third-order valence-electron chi connectivity index (χ3n) is 1.85. The lowest BCUT2D eigenvalue weighted by Gasteiger charge is -2.04. The second-order valence-corrected chi connectivity index (χ2v) is 3.08. The molecule has 0 saturated carbocycles. The number of benzene rings is 1. The molecule has 0 radical (unpaired) electrons. The number of carbonyl (C=O) groups is 1. The first-order chi connectivity index (χ1) is 7.63. The molecule has 0 bridgehead atoms. The van der Waals surface area contributed by atoms with Crippen LogP contribution in [0.3, 0.4) is 0 Å². The molecule has 2 nitrogen and oxygen atoms in total. The van der Waals surface area contributed by atoms with E-state index in [1.165, 1.54) is 24.3 Å². The van der Waals surface area contributed by atoms with Crippen LogP contribution in [-0.4, -0.2) is 12.4 Å². The molecule has 1 aromatic carbocycles. The quantitative estimate of drug-likeness (QED) is 0.568. The lowest BCUT2D eigenvalue weighted by atomic mass is 10.1. The van der Waals surface area contributed by atoms with Crippen molar-refractivity contribution in [3.8, 4) is 5.75 Å². The van der Waals surface area contributed by atoms with Crippen LogP contribution in [-0.2, 0) is 0 Å². The highest BCUT2D eigenvalue weighted by Gasteiger charge is 2.07. The van der Waals surface area contributed by atoms with Crippen molar-refractivity contribution >= 4 is 5.78 Å². The summed E-state index contributed by atoms with van der Waals surface area (Å²) < 4.78 is 28.1. The molecule has 4 heteroatoms. The largest absolute Gasteiger partial charge is 0.435 e. The van der Waals surface area contributed by atoms with Gasteiger partial charge in [0.25, 0.3) is 0 Å². The zero-order chi connectivity index (χ0) is 12.0. The fourth-order valence-electron chi connectivity index (χ4n) is 1.15. The Kier molecular flexibility index (Phi) is 4.64. The van der Waals surface area contributed by atoms with Crippen LogP contribution in [0.4, 0.5) is 8.78 Å². The molecule has 0 atom stereocenters. The summed E-state index contributed by atoms with van der Waals surface area (Å²) >= 11 is 0. The van der Waals surface area contributed by atoms with Crippen molar-refractivity contribution in [1.82, 2.24) is 0 Å². The number of ketones is 1. The van der Waals surface area contributed by atoms with Crippen molar-refractivity contribution in [2.24, 2.45) is 0 Å². The van der Waals surface area contributed by atoms with Crippen LogP contribution < -0.4 is 4.74 Å². The molecular formula is C12H12F2O2. The monoisotopic (exact) mass is 226 g/mol. The molecular weight excluding hydrogens is 214 g/mol. The Labute approximate surface area is 92.5 Å². The van der Waals surface area contributed by atoms with Crippen molar-refractivity contribution in [3.63, 3.8) is 0 Å². The van der Waals surface area contributed by atoms with Gasteiger partial charge in [-0.15, -0.1) is 0 Å². The van der Waals surface area contributed by atoms with E-state index in [1.54, 1.807) is 12.1 Å². The van der Waals surface area contributed by atoms with Crippen LogP contribution in [0.5, 0.6) is 5.75 Å². The van der Waals surface area contributed by atoms with Gasteiger partial charge in [-0.2, -0.15) is 8.78 Å². The Balaban J connectivity index is 2.81. The van der Waals surface area contributed by atoms with Crippen LogP contribution in [0.1, 0.15) is 23.7 Å². The SMILES string of the molecule is CC/C=C/C(=O)c1cccc(OC(F)F)c1. The predicted octanol–water partition coefficient (Wildman–Crippen LogP) is 3.44. The van der Waals surface area contributed by atoms with Crippen LogP contribution in [0.25, 0.3) is 0 Å². The molecule has 86 valence electrons. The number of alkyl halides is 2. The third-order valence-corrected chi connectivity index (χ3v) is 1.85. The number of hydrogen-bond acceptors (Lipinski definition) is 2. The molecule has 16 heavy (non-hydrogen) atoms. The first-order valence-electron chi connectivity index (χ1n) is 4.89. The molecule has 0 fully saturated rings. The zero-order valence-corrected chi connectivity index (χ0v) is 8.82. The van der Waals surface area contributed by atoms with Gasteiger partial charge in [0.05, 0.1) is 0 Å². The summed E-state index contributed by atoms with van der Waals surface area (Å²) in [5.41, 5.74) is 0.336. The van der Waals surface area contributed by atoms with E-state index in [9.17, 15) is 13.6 Å². The summed E-state index contributed by atoms with van der Waals surface area (Å²) in [4.78, 5) is 11.5.